The first kappa shape index (κ1) is 36.8. The molecule has 16 heteroatoms. The van der Waals surface area contributed by atoms with Gasteiger partial charge in [0.1, 0.15) is 11.0 Å². The lowest BCUT2D eigenvalue weighted by Gasteiger charge is -2.34. The van der Waals surface area contributed by atoms with E-state index in [0.29, 0.717) is 43.2 Å². The van der Waals surface area contributed by atoms with Crippen LogP contribution in [-0.4, -0.2) is 97.0 Å². The topological polar surface area (TPSA) is 138 Å². The lowest BCUT2D eigenvalue weighted by molar-refractivity contribution is -0.120. The number of hydrogen-bond acceptors (Lipinski definition) is 9. The number of imide groups is 1. The minimum Gasteiger partial charge on any atom is -0.432 e. The highest BCUT2D eigenvalue weighted by Gasteiger charge is 2.29. The number of benzene rings is 2. The van der Waals surface area contributed by atoms with Gasteiger partial charge < -0.3 is 15.0 Å². The predicted molar refractivity (Wildman–Crippen MR) is 197 cm³/mol. The SMILES string of the molecule is CC(Cc1cccc(S(=O)N2CCC(Nc3ncc(OC(F)F)cn3)CC2)c1)CN1CCC(c2ccc3c(N4CCC(=O)NC4=O)nn(C)c3c2)CC1. The van der Waals surface area contributed by atoms with E-state index < -0.39 is 23.6 Å². The van der Waals surface area contributed by atoms with E-state index in [9.17, 15) is 22.6 Å². The zero-order chi connectivity index (χ0) is 37.1. The molecule has 0 radical (unpaired) electrons. The van der Waals surface area contributed by atoms with Crippen molar-refractivity contribution in [2.75, 3.05) is 49.5 Å². The molecule has 13 nitrogen and oxygen atoms in total. The van der Waals surface area contributed by atoms with Gasteiger partial charge in [-0.2, -0.15) is 13.9 Å². The Morgan fingerprint density at radius 1 is 1.00 bits per heavy atom. The number of alkyl halides is 2. The van der Waals surface area contributed by atoms with Crippen LogP contribution in [0.25, 0.3) is 10.9 Å². The summed E-state index contributed by atoms with van der Waals surface area (Å²) >= 11 is 0. The maximum absolute atomic E-state index is 13.6. The maximum atomic E-state index is 13.6. The fraction of sp³-hybridized carbons (Fsp3) is 0.486. The highest BCUT2D eigenvalue weighted by molar-refractivity contribution is 7.82. The molecule has 3 amide bonds. The molecule has 0 saturated carbocycles. The maximum Gasteiger partial charge on any atom is 0.387 e. The van der Waals surface area contributed by atoms with Crippen LogP contribution in [0.1, 0.15) is 56.1 Å². The third kappa shape index (κ3) is 8.82. The molecule has 0 spiro atoms. The molecule has 7 rings (SSSR count). The van der Waals surface area contributed by atoms with Crippen molar-refractivity contribution >= 4 is 45.6 Å². The molecule has 0 aliphatic carbocycles. The first-order chi connectivity index (χ1) is 25.6. The predicted octanol–water partition coefficient (Wildman–Crippen LogP) is 5.07. The molecular weight excluding hydrogens is 705 g/mol. The van der Waals surface area contributed by atoms with Crippen molar-refractivity contribution in [2.24, 2.45) is 13.0 Å². The molecule has 4 aromatic rings. The number of piperidine rings is 2. The normalized spacial score (nSPS) is 19.5. The van der Waals surface area contributed by atoms with Gasteiger partial charge in [-0.25, -0.2) is 23.3 Å². The van der Waals surface area contributed by atoms with Crippen molar-refractivity contribution in [2.45, 2.75) is 68.9 Å². The van der Waals surface area contributed by atoms with Gasteiger partial charge in [0.15, 0.2) is 11.6 Å². The van der Waals surface area contributed by atoms with Crippen molar-refractivity contribution < 1.29 is 27.3 Å². The van der Waals surface area contributed by atoms with Crippen molar-refractivity contribution in [3.05, 3.63) is 66.0 Å². The number of fused-ring (bicyclic) bond motifs is 1. The number of rotatable bonds is 12. The van der Waals surface area contributed by atoms with E-state index >= 15 is 0 Å². The van der Waals surface area contributed by atoms with Crippen LogP contribution in [0.3, 0.4) is 0 Å². The van der Waals surface area contributed by atoms with E-state index in [1.54, 1.807) is 4.90 Å². The molecule has 0 bridgehead atoms. The third-order valence-electron chi connectivity index (χ3n) is 10.4. The van der Waals surface area contributed by atoms with Crippen LogP contribution in [0.4, 0.5) is 25.3 Å². The molecule has 2 atom stereocenters. The van der Waals surface area contributed by atoms with E-state index in [-0.39, 0.29) is 24.1 Å². The Morgan fingerprint density at radius 3 is 2.47 bits per heavy atom. The number of anilines is 2. The summed E-state index contributed by atoms with van der Waals surface area (Å²) in [5.74, 6) is 1.46. The lowest BCUT2D eigenvalue weighted by atomic mass is 9.88. The molecule has 2 aromatic heterocycles. The van der Waals surface area contributed by atoms with Crippen LogP contribution in [0.2, 0.25) is 0 Å². The van der Waals surface area contributed by atoms with Gasteiger partial charge in [0.25, 0.3) is 0 Å². The summed E-state index contributed by atoms with van der Waals surface area (Å²) in [7, 11) is 0.622. The summed E-state index contributed by atoms with van der Waals surface area (Å²) in [6.45, 7) is 4.00. The largest absolute Gasteiger partial charge is 0.432 e. The van der Waals surface area contributed by atoms with Crippen molar-refractivity contribution in [3.63, 3.8) is 0 Å². The minimum absolute atomic E-state index is 0.0884. The number of halogens is 2. The summed E-state index contributed by atoms with van der Waals surface area (Å²) in [6.07, 6.45) is 7.23. The van der Waals surface area contributed by atoms with Crippen molar-refractivity contribution in [1.29, 1.82) is 0 Å². The van der Waals surface area contributed by atoms with Crippen molar-refractivity contribution in [3.8, 4) is 5.75 Å². The summed E-state index contributed by atoms with van der Waals surface area (Å²) in [6, 6.07) is 14.2. The van der Waals surface area contributed by atoms with Gasteiger partial charge in [-0.3, -0.25) is 19.7 Å². The molecule has 3 aliphatic rings. The minimum atomic E-state index is -2.92. The summed E-state index contributed by atoms with van der Waals surface area (Å²) in [4.78, 5) is 37.1. The molecule has 2 N–H and O–H groups in total. The van der Waals surface area contributed by atoms with Gasteiger partial charge >= 0.3 is 12.6 Å². The van der Waals surface area contributed by atoms with Gasteiger partial charge in [-0.15, -0.1) is 0 Å². The fourth-order valence-electron chi connectivity index (χ4n) is 7.66. The quantitative estimate of drug-likeness (QED) is 0.204. The van der Waals surface area contributed by atoms with E-state index in [1.807, 2.05) is 28.2 Å². The van der Waals surface area contributed by atoms with Gasteiger partial charge in [0.2, 0.25) is 11.9 Å². The molecule has 3 aliphatic heterocycles. The molecule has 2 aromatic carbocycles. The van der Waals surface area contributed by atoms with Gasteiger partial charge in [-0.05, 0) is 92.4 Å². The molecule has 282 valence electrons. The Bertz CT molecular complexity index is 1950. The Balaban J connectivity index is 0.870. The van der Waals surface area contributed by atoms with Crippen LogP contribution in [-0.2, 0) is 29.2 Å². The first-order valence-corrected chi connectivity index (χ1v) is 19.3. The van der Waals surface area contributed by atoms with Crippen molar-refractivity contribution in [1.82, 2.24) is 34.3 Å². The van der Waals surface area contributed by atoms with E-state index in [0.717, 1.165) is 67.5 Å². The summed E-state index contributed by atoms with van der Waals surface area (Å²) < 4.78 is 46.4. The van der Waals surface area contributed by atoms with Crippen LogP contribution >= 0.6 is 0 Å². The molecule has 5 heterocycles. The molecule has 3 saturated heterocycles. The number of aromatic nitrogens is 4. The average molecular weight is 750 g/mol. The molecular formula is C37H45F2N9O4S. The molecule has 2 unspecified atom stereocenters. The number of nitrogens with one attached hydrogen (secondary N) is 2. The monoisotopic (exact) mass is 749 g/mol. The molecule has 3 fully saturated rings. The Labute approximate surface area is 309 Å². The number of hydrogen-bond donors (Lipinski definition) is 2. The zero-order valence-corrected chi connectivity index (χ0v) is 30.7. The summed E-state index contributed by atoms with van der Waals surface area (Å²) in [5, 5.41) is 11.2. The number of carbonyl (C=O) groups is 2. The third-order valence-corrected chi connectivity index (χ3v) is 11.8. The smallest absolute Gasteiger partial charge is 0.387 e. The van der Waals surface area contributed by atoms with Gasteiger partial charge in [-0.1, -0.05) is 25.1 Å². The average Bonchev–Trinajstić information content (AvgIpc) is 3.47. The van der Waals surface area contributed by atoms with Crippen LogP contribution in [0, 0.1) is 5.92 Å². The number of carbonyl (C=O) groups excluding carboxylic acids is 2. The first-order valence-electron chi connectivity index (χ1n) is 18.2. The second-order valence-electron chi connectivity index (χ2n) is 14.2. The van der Waals surface area contributed by atoms with E-state index in [4.69, 9.17) is 0 Å². The lowest BCUT2D eigenvalue weighted by Crippen LogP contribution is -2.49. The Hall–Kier alpha value is -4.54. The number of amides is 3. The Kier molecular flexibility index (Phi) is 11.3. The highest BCUT2D eigenvalue weighted by Crippen LogP contribution is 2.34. The number of urea groups is 1. The highest BCUT2D eigenvalue weighted by atomic mass is 32.2. The van der Waals surface area contributed by atoms with E-state index in [1.165, 1.54) is 23.5 Å². The van der Waals surface area contributed by atoms with Crippen LogP contribution < -0.4 is 20.3 Å². The van der Waals surface area contributed by atoms with Crippen LogP contribution in [0.5, 0.6) is 5.75 Å². The number of likely N-dealkylation sites (tertiary alicyclic amines) is 1. The number of aryl methyl sites for hydroxylation is 1. The second-order valence-corrected chi connectivity index (χ2v) is 15.7. The zero-order valence-electron chi connectivity index (χ0n) is 29.9. The molecule has 53 heavy (non-hydrogen) atoms. The fourth-order valence-corrected chi connectivity index (χ4v) is 8.95. The second kappa shape index (κ2) is 16.2. The van der Waals surface area contributed by atoms with Crippen LogP contribution in [0.15, 0.2) is 59.8 Å². The standard InChI is InChI=1S/C37H45F2N9O4S/c1-24(18-25-4-3-5-30(19-25)53(51)47-15-10-28(11-16-47)42-36-40-21-29(22-41-36)52-35(38)39)23-46-13-8-26(9-14-46)27-6-7-31-32(20-27)45(2)44-34(31)48-17-12-33(49)43-37(48)50/h3-7,19-22,24,26,28,35H,8-18,23H2,1-2H3,(H,40,41,42)(H,43,49,50). The Morgan fingerprint density at radius 2 is 1.75 bits per heavy atom. The summed E-state index contributed by atoms with van der Waals surface area (Å²) in [5.41, 5.74) is 3.44. The van der Waals surface area contributed by atoms with E-state index in [2.05, 4.69) is 72.6 Å². The van der Waals surface area contributed by atoms with Gasteiger partial charge in [0.05, 0.1) is 22.8 Å². The van der Waals surface area contributed by atoms with Gasteiger partial charge in [0, 0.05) is 51.1 Å². The number of ether oxygens (including phenoxy) is 1. The number of nitrogens with zero attached hydrogens (tertiary/aromatic N) is 7.